The molecule has 7 heteroatoms. The molecule has 1 aliphatic heterocycles. The van der Waals surface area contributed by atoms with E-state index in [9.17, 15) is 14.0 Å². The summed E-state index contributed by atoms with van der Waals surface area (Å²) < 4.78 is 29.1. The molecule has 1 heterocycles. The van der Waals surface area contributed by atoms with E-state index < -0.39 is 18.2 Å². The Hall–Kier alpha value is -2.57. The number of amides is 1. The maximum Gasteiger partial charge on any atom is 0.510 e. The Morgan fingerprint density at radius 2 is 2.09 bits per heavy atom. The minimum atomic E-state index is -1.15. The number of nitrogens with zero attached hydrogens (tertiary/aromatic N) is 1. The van der Waals surface area contributed by atoms with E-state index in [1.54, 1.807) is 6.92 Å². The number of rotatable bonds is 3. The molecule has 118 valence electrons. The Kier molecular flexibility index (Phi) is 4.65. The summed E-state index contributed by atoms with van der Waals surface area (Å²) >= 11 is 0. The van der Waals surface area contributed by atoms with Crippen LogP contribution in [-0.4, -0.2) is 30.7 Å². The number of fused-ring (bicyclic) bond motifs is 1. The molecule has 1 amide bonds. The second kappa shape index (κ2) is 6.46. The van der Waals surface area contributed by atoms with Crippen molar-refractivity contribution in [2.75, 3.05) is 13.7 Å². The van der Waals surface area contributed by atoms with Gasteiger partial charge in [-0.3, -0.25) is 9.69 Å². The normalized spacial score (nSPS) is 16.0. The van der Waals surface area contributed by atoms with E-state index in [1.807, 2.05) is 0 Å². The third kappa shape index (κ3) is 2.88. The number of ether oxygens (including phenoxy) is 3. The molecule has 0 saturated heterocycles. The first-order valence-electron chi connectivity index (χ1n) is 6.66. The predicted molar refractivity (Wildman–Crippen MR) is 75.4 cm³/mol. The van der Waals surface area contributed by atoms with Crippen molar-refractivity contribution in [1.82, 2.24) is 4.90 Å². The molecular formula is C15H16FNO5. The van der Waals surface area contributed by atoms with E-state index in [2.05, 4.69) is 0 Å². The summed E-state index contributed by atoms with van der Waals surface area (Å²) in [4.78, 5) is 24.6. The number of hydrogen-bond acceptors (Lipinski definition) is 5. The molecule has 1 unspecified atom stereocenters. The number of carbonyl (C=O) groups excluding carboxylic acids is 2. The monoisotopic (exact) mass is 309 g/mol. The van der Waals surface area contributed by atoms with Crippen LogP contribution < -0.4 is 4.74 Å². The highest BCUT2D eigenvalue weighted by Crippen LogP contribution is 2.39. The molecule has 0 fully saturated rings. The molecule has 6 nitrogen and oxygen atoms in total. The lowest BCUT2D eigenvalue weighted by Crippen LogP contribution is -2.34. The fourth-order valence-electron chi connectivity index (χ4n) is 2.19. The zero-order chi connectivity index (χ0) is 16.3. The summed E-state index contributed by atoms with van der Waals surface area (Å²) in [5, 5.41) is 0. The average Bonchev–Trinajstić information content (AvgIpc) is 2.48. The summed E-state index contributed by atoms with van der Waals surface area (Å²) in [6.07, 6.45) is 0.685. The zero-order valence-corrected chi connectivity index (χ0v) is 12.5. The second-order valence-corrected chi connectivity index (χ2v) is 4.47. The van der Waals surface area contributed by atoms with Gasteiger partial charge in [0.05, 0.1) is 19.3 Å². The lowest BCUT2D eigenvalue weighted by Gasteiger charge is -2.32. The van der Waals surface area contributed by atoms with Gasteiger partial charge in [0.15, 0.2) is 0 Å². The summed E-state index contributed by atoms with van der Waals surface area (Å²) in [5.41, 5.74) is 0.458. The van der Waals surface area contributed by atoms with Crippen molar-refractivity contribution in [3.8, 4) is 5.75 Å². The van der Waals surface area contributed by atoms with Crippen LogP contribution in [0, 0.1) is 5.82 Å². The maximum absolute atomic E-state index is 14.0. The standard InChI is InChI=1S/C15H16FNO5/c1-4-21-15(19)22-14-13-10(7-8-17(14)9(2)18)11(16)5-6-12(13)20-3/h5-8,14H,4H2,1-3H3. The predicted octanol–water partition coefficient (Wildman–Crippen LogP) is 2.84. The highest BCUT2D eigenvalue weighted by Gasteiger charge is 2.34. The number of hydrogen-bond donors (Lipinski definition) is 0. The molecule has 1 aromatic carbocycles. The van der Waals surface area contributed by atoms with Gasteiger partial charge < -0.3 is 14.2 Å². The number of methoxy groups -OCH3 is 1. The summed E-state index contributed by atoms with van der Waals surface area (Å²) in [5.74, 6) is -0.573. The Morgan fingerprint density at radius 3 is 2.68 bits per heavy atom. The Labute approximate surface area is 127 Å². The molecule has 22 heavy (non-hydrogen) atoms. The second-order valence-electron chi connectivity index (χ2n) is 4.47. The lowest BCUT2D eigenvalue weighted by molar-refractivity contribution is -0.136. The van der Waals surface area contributed by atoms with E-state index >= 15 is 0 Å². The van der Waals surface area contributed by atoms with Crippen molar-refractivity contribution < 1.29 is 28.2 Å². The van der Waals surface area contributed by atoms with E-state index in [4.69, 9.17) is 14.2 Å². The smallest absolute Gasteiger partial charge is 0.496 e. The molecule has 1 aromatic rings. The molecule has 1 aliphatic rings. The molecular weight excluding hydrogens is 293 g/mol. The van der Waals surface area contributed by atoms with Crippen molar-refractivity contribution in [2.45, 2.75) is 20.1 Å². The Bertz CT molecular complexity index is 629. The summed E-state index contributed by atoms with van der Waals surface area (Å²) in [6, 6.07) is 2.65. The van der Waals surface area contributed by atoms with Gasteiger partial charge in [-0.2, -0.15) is 0 Å². The minimum Gasteiger partial charge on any atom is -0.496 e. The fourth-order valence-corrected chi connectivity index (χ4v) is 2.19. The number of carbonyl (C=O) groups is 2. The van der Waals surface area contributed by atoms with E-state index in [1.165, 1.54) is 43.3 Å². The zero-order valence-electron chi connectivity index (χ0n) is 12.5. The van der Waals surface area contributed by atoms with Crippen LogP contribution >= 0.6 is 0 Å². The Morgan fingerprint density at radius 1 is 1.36 bits per heavy atom. The van der Waals surface area contributed by atoms with Crippen molar-refractivity contribution in [2.24, 2.45) is 0 Å². The van der Waals surface area contributed by atoms with E-state index in [0.717, 1.165) is 0 Å². The number of benzene rings is 1. The highest BCUT2D eigenvalue weighted by atomic mass is 19.1. The van der Waals surface area contributed by atoms with Gasteiger partial charge in [0.2, 0.25) is 12.1 Å². The van der Waals surface area contributed by atoms with Crippen LogP contribution in [0.2, 0.25) is 0 Å². The third-order valence-corrected chi connectivity index (χ3v) is 3.15. The largest absolute Gasteiger partial charge is 0.510 e. The fraction of sp³-hybridized carbons (Fsp3) is 0.333. The van der Waals surface area contributed by atoms with Crippen LogP contribution in [0.3, 0.4) is 0 Å². The molecule has 0 radical (unpaired) electrons. The van der Waals surface area contributed by atoms with Gasteiger partial charge in [-0.05, 0) is 25.1 Å². The first-order valence-corrected chi connectivity index (χ1v) is 6.66. The minimum absolute atomic E-state index is 0.120. The topological polar surface area (TPSA) is 65.1 Å². The molecule has 0 saturated carbocycles. The van der Waals surface area contributed by atoms with Gasteiger partial charge in [0.25, 0.3) is 0 Å². The summed E-state index contributed by atoms with van der Waals surface area (Å²) in [7, 11) is 1.41. The van der Waals surface area contributed by atoms with E-state index in [-0.39, 0.29) is 23.6 Å². The summed E-state index contributed by atoms with van der Waals surface area (Å²) in [6.45, 7) is 3.05. The molecule has 2 rings (SSSR count). The van der Waals surface area contributed by atoms with Crippen LogP contribution in [0.15, 0.2) is 18.3 Å². The molecule has 0 bridgehead atoms. The van der Waals surface area contributed by atoms with Crippen LogP contribution in [0.5, 0.6) is 5.75 Å². The molecule has 0 N–H and O–H groups in total. The van der Waals surface area contributed by atoms with Crippen LogP contribution in [-0.2, 0) is 14.3 Å². The first kappa shape index (κ1) is 15.8. The van der Waals surface area contributed by atoms with Crippen molar-refractivity contribution in [3.05, 3.63) is 35.3 Å². The Balaban J connectivity index is 2.52. The molecule has 1 atom stereocenters. The quantitative estimate of drug-likeness (QED) is 0.803. The van der Waals surface area contributed by atoms with Crippen molar-refractivity contribution in [3.63, 3.8) is 0 Å². The highest BCUT2D eigenvalue weighted by molar-refractivity contribution is 5.78. The lowest BCUT2D eigenvalue weighted by atomic mass is 10.0. The van der Waals surface area contributed by atoms with Crippen molar-refractivity contribution in [1.29, 1.82) is 0 Å². The van der Waals surface area contributed by atoms with Gasteiger partial charge in [0.1, 0.15) is 11.6 Å². The van der Waals surface area contributed by atoms with Crippen LogP contribution in [0.1, 0.15) is 31.2 Å². The third-order valence-electron chi connectivity index (χ3n) is 3.15. The van der Waals surface area contributed by atoms with Crippen LogP contribution in [0.4, 0.5) is 9.18 Å². The van der Waals surface area contributed by atoms with Crippen LogP contribution in [0.25, 0.3) is 6.08 Å². The van der Waals surface area contributed by atoms with E-state index in [0.29, 0.717) is 5.75 Å². The average molecular weight is 309 g/mol. The SMILES string of the molecule is CCOC(=O)OC1c2c(OC)ccc(F)c2C=CN1C(C)=O. The maximum atomic E-state index is 14.0. The number of halogens is 1. The van der Waals surface area contributed by atoms with Gasteiger partial charge in [-0.25, -0.2) is 9.18 Å². The molecule has 0 spiro atoms. The van der Waals surface area contributed by atoms with Gasteiger partial charge in [0, 0.05) is 18.7 Å². The van der Waals surface area contributed by atoms with Gasteiger partial charge in [-0.15, -0.1) is 0 Å². The molecule has 0 aromatic heterocycles. The van der Waals surface area contributed by atoms with Gasteiger partial charge in [-0.1, -0.05) is 0 Å². The van der Waals surface area contributed by atoms with Crippen molar-refractivity contribution >= 4 is 18.1 Å². The van der Waals surface area contributed by atoms with Gasteiger partial charge >= 0.3 is 6.16 Å². The first-order chi connectivity index (χ1) is 10.5. The molecule has 0 aliphatic carbocycles.